The summed E-state index contributed by atoms with van der Waals surface area (Å²) in [4.78, 5) is 2.52. The smallest absolute Gasteiger partial charge is 0.0707 e. The molecule has 0 spiro atoms. The number of hydrogen-bond acceptors (Lipinski definition) is 4. The molecule has 2 bridgehead atoms. The molecule has 0 N–H and O–H groups in total. The molecular formula is C17H33NO3. The van der Waals surface area contributed by atoms with E-state index in [1.165, 1.54) is 0 Å². The van der Waals surface area contributed by atoms with Gasteiger partial charge in [-0.1, -0.05) is 0 Å². The number of nitrogens with zero attached hydrogens (tertiary/aromatic N) is 1. The Morgan fingerprint density at radius 3 is 2.00 bits per heavy atom. The highest BCUT2D eigenvalue weighted by atomic mass is 16.5. The Kier molecular flexibility index (Phi) is 5.35. The third-order valence-corrected chi connectivity index (χ3v) is 4.01. The summed E-state index contributed by atoms with van der Waals surface area (Å²) < 4.78 is 17.9. The van der Waals surface area contributed by atoms with E-state index < -0.39 is 0 Å². The van der Waals surface area contributed by atoms with E-state index in [1.54, 1.807) is 0 Å². The van der Waals surface area contributed by atoms with Gasteiger partial charge in [0.2, 0.25) is 0 Å². The molecule has 4 heteroatoms. The average molecular weight is 299 g/mol. The number of rotatable bonds is 4. The largest absolute Gasteiger partial charge is 0.381 e. The van der Waals surface area contributed by atoms with Gasteiger partial charge in [-0.15, -0.1) is 0 Å². The van der Waals surface area contributed by atoms with Crippen LogP contribution in [0.5, 0.6) is 0 Å². The van der Waals surface area contributed by atoms with Gasteiger partial charge >= 0.3 is 0 Å². The van der Waals surface area contributed by atoms with Crippen molar-refractivity contribution in [3.8, 4) is 0 Å². The van der Waals surface area contributed by atoms with Crippen LogP contribution >= 0.6 is 0 Å². The Morgan fingerprint density at radius 1 is 0.952 bits per heavy atom. The molecule has 0 saturated carbocycles. The maximum absolute atomic E-state index is 6.31. The van der Waals surface area contributed by atoms with E-state index in [2.05, 4.69) is 46.4 Å². The molecule has 124 valence electrons. The molecule has 2 atom stereocenters. The lowest BCUT2D eigenvalue weighted by Gasteiger charge is -2.48. The summed E-state index contributed by atoms with van der Waals surface area (Å²) in [5, 5.41) is 0. The molecule has 2 unspecified atom stereocenters. The first-order valence-electron chi connectivity index (χ1n) is 8.26. The standard InChI is InChI=1S/C17H33NO3/c1-16(2,3)20-8-7-18-9-13-11-19-12-14(10-18)15(13)21-17(4,5)6/h13-15H,7-12H2,1-6H3. The summed E-state index contributed by atoms with van der Waals surface area (Å²) in [6.45, 7) is 18.3. The zero-order valence-electron chi connectivity index (χ0n) is 14.6. The summed E-state index contributed by atoms with van der Waals surface area (Å²) in [6, 6.07) is 0. The third-order valence-electron chi connectivity index (χ3n) is 4.01. The first-order chi connectivity index (χ1) is 9.64. The monoisotopic (exact) mass is 299 g/mol. The van der Waals surface area contributed by atoms with E-state index >= 15 is 0 Å². The number of ether oxygens (including phenoxy) is 3. The van der Waals surface area contributed by atoms with E-state index in [1.807, 2.05) is 0 Å². The molecule has 0 radical (unpaired) electrons. The van der Waals surface area contributed by atoms with Crippen molar-refractivity contribution >= 4 is 0 Å². The van der Waals surface area contributed by atoms with Crippen LogP contribution in [0.25, 0.3) is 0 Å². The van der Waals surface area contributed by atoms with Crippen molar-refractivity contribution in [2.45, 2.75) is 58.8 Å². The van der Waals surface area contributed by atoms with Crippen LogP contribution in [-0.2, 0) is 14.2 Å². The first-order valence-corrected chi connectivity index (χ1v) is 8.26. The van der Waals surface area contributed by atoms with Crippen LogP contribution in [0.4, 0.5) is 0 Å². The van der Waals surface area contributed by atoms with Crippen LogP contribution in [0, 0.1) is 11.8 Å². The number of piperidine rings is 1. The fourth-order valence-corrected chi connectivity index (χ4v) is 3.26. The summed E-state index contributed by atoms with van der Waals surface area (Å²) in [5.41, 5.74) is -0.122. The lowest BCUT2D eigenvalue weighted by molar-refractivity contribution is -0.189. The topological polar surface area (TPSA) is 30.9 Å². The second kappa shape index (κ2) is 6.53. The van der Waals surface area contributed by atoms with Gasteiger partial charge in [0, 0.05) is 31.5 Å². The summed E-state index contributed by atoms with van der Waals surface area (Å²) in [6.07, 6.45) is 0.346. The number of likely N-dealkylation sites (tertiary alicyclic amines) is 1. The van der Waals surface area contributed by atoms with E-state index in [0.717, 1.165) is 39.5 Å². The predicted molar refractivity (Wildman–Crippen MR) is 84.6 cm³/mol. The molecule has 2 heterocycles. The Bertz CT molecular complexity index is 318. The molecule has 21 heavy (non-hydrogen) atoms. The van der Waals surface area contributed by atoms with Gasteiger partial charge in [0.05, 0.1) is 37.1 Å². The molecule has 2 saturated heterocycles. The van der Waals surface area contributed by atoms with Gasteiger partial charge in [-0.05, 0) is 41.5 Å². The highest BCUT2D eigenvalue weighted by Crippen LogP contribution is 2.32. The van der Waals surface area contributed by atoms with Crippen molar-refractivity contribution in [3.05, 3.63) is 0 Å². The van der Waals surface area contributed by atoms with Crippen molar-refractivity contribution in [3.63, 3.8) is 0 Å². The fourth-order valence-electron chi connectivity index (χ4n) is 3.26. The average Bonchev–Trinajstić information content (AvgIpc) is 2.26. The maximum atomic E-state index is 6.31. The molecular weight excluding hydrogens is 266 g/mol. The summed E-state index contributed by atoms with van der Waals surface area (Å²) in [7, 11) is 0. The van der Waals surface area contributed by atoms with Crippen molar-refractivity contribution in [2.75, 3.05) is 39.5 Å². The van der Waals surface area contributed by atoms with Gasteiger partial charge < -0.3 is 19.1 Å². The van der Waals surface area contributed by atoms with Crippen LogP contribution < -0.4 is 0 Å². The van der Waals surface area contributed by atoms with Crippen molar-refractivity contribution in [2.24, 2.45) is 11.8 Å². The molecule has 0 aromatic carbocycles. The van der Waals surface area contributed by atoms with Crippen LogP contribution in [0.2, 0.25) is 0 Å². The summed E-state index contributed by atoms with van der Waals surface area (Å²) in [5.74, 6) is 0.984. The lowest BCUT2D eigenvalue weighted by atomic mass is 9.84. The van der Waals surface area contributed by atoms with Gasteiger partial charge in [-0.25, -0.2) is 0 Å². The SMILES string of the molecule is CC(C)(C)OCCN1CC2COCC(C1)C2OC(C)(C)C. The van der Waals surface area contributed by atoms with Crippen LogP contribution in [0.1, 0.15) is 41.5 Å². The third kappa shape index (κ3) is 5.51. The van der Waals surface area contributed by atoms with Crippen molar-refractivity contribution in [1.29, 1.82) is 0 Å². The van der Waals surface area contributed by atoms with Gasteiger partial charge in [0.1, 0.15) is 0 Å². The molecule has 0 amide bonds. The van der Waals surface area contributed by atoms with Crippen molar-refractivity contribution in [1.82, 2.24) is 4.90 Å². The molecule has 0 aromatic heterocycles. The minimum Gasteiger partial charge on any atom is -0.381 e. The minimum atomic E-state index is -0.0734. The number of fused-ring (bicyclic) bond motifs is 2. The summed E-state index contributed by atoms with van der Waals surface area (Å²) >= 11 is 0. The van der Waals surface area contributed by atoms with Crippen molar-refractivity contribution < 1.29 is 14.2 Å². The molecule has 2 aliphatic rings. The second-order valence-electron chi connectivity index (χ2n) is 8.47. The Morgan fingerprint density at radius 2 is 1.52 bits per heavy atom. The highest BCUT2D eigenvalue weighted by Gasteiger charge is 2.42. The molecule has 2 aliphatic heterocycles. The van der Waals surface area contributed by atoms with Gasteiger partial charge in [0.25, 0.3) is 0 Å². The molecule has 0 aliphatic carbocycles. The maximum Gasteiger partial charge on any atom is 0.0707 e. The zero-order valence-corrected chi connectivity index (χ0v) is 14.6. The normalized spacial score (nSPS) is 31.4. The lowest BCUT2D eigenvalue weighted by Crippen LogP contribution is -2.58. The predicted octanol–water partition coefficient (Wildman–Crippen LogP) is 2.56. The van der Waals surface area contributed by atoms with E-state index in [9.17, 15) is 0 Å². The van der Waals surface area contributed by atoms with Gasteiger partial charge in [0.15, 0.2) is 0 Å². The molecule has 4 nitrogen and oxygen atoms in total. The Hall–Kier alpha value is -0.160. The van der Waals surface area contributed by atoms with Crippen LogP contribution in [0.3, 0.4) is 0 Å². The zero-order chi connectivity index (χ0) is 15.7. The fraction of sp³-hybridized carbons (Fsp3) is 1.00. The van der Waals surface area contributed by atoms with E-state index in [0.29, 0.717) is 17.9 Å². The van der Waals surface area contributed by atoms with Gasteiger partial charge in [-0.2, -0.15) is 0 Å². The van der Waals surface area contributed by atoms with Crippen LogP contribution in [-0.4, -0.2) is 61.7 Å². The minimum absolute atomic E-state index is 0.0490. The molecule has 2 rings (SSSR count). The first kappa shape index (κ1) is 17.2. The van der Waals surface area contributed by atoms with Gasteiger partial charge in [-0.3, -0.25) is 0 Å². The molecule has 0 aromatic rings. The number of hydrogen-bond donors (Lipinski definition) is 0. The Labute approximate surface area is 130 Å². The van der Waals surface area contributed by atoms with E-state index in [4.69, 9.17) is 14.2 Å². The molecule has 2 fully saturated rings. The quantitative estimate of drug-likeness (QED) is 0.798. The Balaban J connectivity index is 1.86. The van der Waals surface area contributed by atoms with Crippen LogP contribution in [0.15, 0.2) is 0 Å². The highest BCUT2D eigenvalue weighted by molar-refractivity contribution is 4.91. The van der Waals surface area contributed by atoms with E-state index in [-0.39, 0.29) is 11.2 Å². The second-order valence-corrected chi connectivity index (χ2v) is 8.47.